The summed E-state index contributed by atoms with van der Waals surface area (Å²) >= 11 is 0. The molecule has 1 heterocycles. The Bertz CT molecular complexity index is 1160. The highest BCUT2D eigenvalue weighted by Crippen LogP contribution is 2.22. The van der Waals surface area contributed by atoms with E-state index in [1.165, 1.54) is 4.90 Å². The number of nitro groups is 1. The van der Waals surface area contributed by atoms with E-state index in [1.54, 1.807) is 12.0 Å². The molecule has 10 nitrogen and oxygen atoms in total. The van der Waals surface area contributed by atoms with Gasteiger partial charge < -0.3 is 14.5 Å². The molecule has 1 fully saturated rings. The number of benzene rings is 2. The Morgan fingerprint density at radius 2 is 1.64 bits per heavy atom. The predicted octanol–water partition coefficient (Wildman–Crippen LogP) is 1.92. The summed E-state index contributed by atoms with van der Waals surface area (Å²) in [6, 6.07) is 10.7. The van der Waals surface area contributed by atoms with Gasteiger partial charge in [0.05, 0.1) is 16.9 Å². The highest BCUT2D eigenvalue weighted by atomic mass is 32.2. The zero-order valence-electron chi connectivity index (χ0n) is 18.4. The molecular formula is C22H25N3O7S. The number of aryl methyl sites for hydroxylation is 1. The van der Waals surface area contributed by atoms with Gasteiger partial charge in [0.15, 0.2) is 9.84 Å². The number of sulfone groups is 1. The first-order valence-electron chi connectivity index (χ1n) is 10.3. The van der Waals surface area contributed by atoms with Gasteiger partial charge in [-0.3, -0.25) is 19.7 Å². The third-order valence-corrected chi connectivity index (χ3v) is 6.58. The van der Waals surface area contributed by atoms with Crippen LogP contribution >= 0.6 is 0 Å². The fourth-order valence-electron chi connectivity index (χ4n) is 3.57. The van der Waals surface area contributed by atoms with E-state index in [4.69, 9.17) is 4.74 Å². The topological polar surface area (TPSA) is 127 Å². The van der Waals surface area contributed by atoms with Gasteiger partial charge >= 0.3 is 0 Å². The van der Waals surface area contributed by atoms with Crippen LogP contribution < -0.4 is 4.74 Å². The van der Waals surface area contributed by atoms with E-state index in [2.05, 4.69) is 0 Å². The number of nitrogens with zero attached hydrogens (tertiary/aromatic N) is 3. The molecule has 0 aliphatic carbocycles. The van der Waals surface area contributed by atoms with Gasteiger partial charge in [0, 0.05) is 56.6 Å². The van der Waals surface area contributed by atoms with Crippen molar-refractivity contribution in [1.82, 2.24) is 9.80 Å². The molecule has 0 spiro atoms. The van der Waals surface area contributed by atoms with E-state index in [0.717, 1.165) is 35.8 Å². The van der Waals surface area contributed by atoms with Gasteiger partial charge in [-0.25, -0.2) is 8.42 Å². The van der Waals surface area contributed by atoms with Crippen molar-refractivity contribution in [3.63, 3.8) is 0 Å². The standard InChI is InChI=1S/C22H25N3O7S/c1-32-19-6-3-16(4-7-19)5-8-21(26)23-9-11-24(12-10-23)22(27)17-13-18(25(28)29)15-20(14-17)33(2,30)31/h3-4,6-7,13-15H,5,8-12H2,1-2H3. The quantitative estimate of drug-likeness (QED) is 0.442. The molecule has 0 unspecified atom stereocenters. The van der Waals surface area contributed by atoms with E-state index < -0.39 is 26.4 Å². The molecule has 3 rings (SSSR count). The van der Waals surface area contributed by atoms with Crippen molar-refractivity contribution >= 4 is 27.3 Å². The molecule has 1 aliphatic rings. The summed E-state index contributed by atoms with van der Waals surface area (Å²) in [5.41, 5.74) is 0.489. The second kappa shape index (κ2) is 9.99. The van der Waals surface area contributed by atoms with Gasteiger partial charge in [-0.05, 0) is 30.2 Å². The molecule has 0 N–H and O–H groups in total. The highest BCUT2D eigenvalue weighted by molar-refractivity contribution is 7.90. The molecule has 1 aliphatic heterocycles. The van der Waals surface area contributed by atoms with Gasteiger partial charge in [0.1, 0.15) is 5.75 Å². The van der Waals surface area contributed by atoms with Crippen LogP contribution in [0.15, 0.2) is 47.4 Å². The smallest absolute Gasteiger partial charge is 0.271 e. The van der Waals surface area contributed by atoms with Gasteiger partial charge in [0.2, 0.25) is 5.91 Å². The summed E-state index contributed by atoms with van der Waals surface area (Å²) in [7, 11) is -2.14. The zero-order valence-corrected chi connectivity index (χ0v) is 19.2. The Morgan fingerprint density at radius 3 is 2.18 bits per heavy atom. The van der Waals surface area contributed by atoms with E-state index >= 15 is 0 Å². The SMILES string of the molecule is COc1ccc(CCC(=O)N2CCN(C(=O)c3cc([N+](=O)[O-])cc(S(C)(=O)=O)c3)CC2)cc1. The number of rotatable bonds is 7. The summed E-state index contributed by atoms with van der Waals surface area (Å²) in [6.45, 7) is 1.18. The van der Waals surface area contributed by atoms with E-state index in [9.17, 15) is 28.1 Å². The number of hydrogen-bond acceptors (Lipinski definition) is 7. The van der Waals surface area contributed by atoms with Crippen molar-refractivity contribution in [3.05, 3.63) is 63.7 Å². The van der Waals surface area contributed by atoms with Crippen LogP contribution in [-0.4, -0.2) is 74.5 Å². The summed E-state index contributed by atoms with van der Waals surface area (Å²) in [6.07, 6.45) is 1.85. The van der Waals surface area contributed by atoms with E-state index in [0.29, 0.717) is 25.9 Å². The van der Waals surface area contributed by atoms with E-state index in [1.807, 2.05) is 24.3 Å². The number of nitro benzene ring substituents is 1. The van der Waals surface area contributed by atoms with Crippen LogP contribution in [0.1, 0.15) is 22.3 Å². The second-order valence-electron chi connectivity index (χ2n) is 7.77. The van der Waals surface area contributed by atoms with Crippen LogP contribution in [0.2, 0.25) is 0 Å². The molecule has 176 valence electrons. The Kier molecular flexibility index (Phi) is 7.32. The van der Waals surface area contributed by atoms with E-state index in [-0.39, 0.29) is 29.5 Å². The van der Waals surface area contributed by atoms with Crippen LogP contribution in [0.3, 0.4) is 0 Å². The lowest BCUT2D eigenvalue weighted by molar-refractivity contribution is -0.385. The van der Waals surface area contributed by atoms with Crippen molar-refractivity contribution in [1.29, 1.82) is 0 Å². The largest absolute Gasteiger partial charge is 0.497 e. The average molecular weight is 476 g/mol. The molecule has 0 saturated carbocycles. The summed E-state index contributed by atoms with van der Waals surface area (Å²) < 4.78 is 28.9. The minimum absolute atomic E-state index is 0.0207. The van der Waals surface area contributed by atoms with Crippen molar-refractivity contribution in [2.75, 3.05) is 39.5 Å². The number of hydrogen-bond donors (Lipinski definition) is 0. The maximum Gasteiger partial charge on any atom is 0.271 e. The maximum absolute atomic E-state index is 12.9. The fraction of sp³-hybridized carbons (Fsp3) is 0.364. The Hall–Kier alpha value is -3.47. The molecule has 1 saturated heterocycles. The van der Waals surface area contributed by atoms with Crippen LogP contribution in [0.25, 0.3) is 0 Å². The molecule has 11 heteroatoms. The minimum atomic E-state index is -3.73. The fourth-order valence-corrected chi connectivity index (χ4v) is 4.25. The molecule has 0 radical (unpaired) electrons. The lowest BCUT2D eigenvalue weighted by atomic mass is 10.1. The molecule has 2 aromatic carbocycles. The van der Waals surface area contributed by atoms with Crippen LogP contribution in [0.4, 0.5) is 5.69 Å². The lowest BCUT2D eigenvalue weighted by Gasteiger charge is -2.35. The minimum Gasteiger partial charge on any atom is -0.497 e. The number of piperazine rings is 1. The van der Waals surface area contributed by atoms with Gasteiger partial charge in [-0.1, -0.05) is 12.1 Å². The second-order valence-corrected chi connectivity index (χ2v) is 9.78. The van der Waals surface area contributed by atoms with Gasteiger partial charge in [-0.2, -0.15) is 0 Å². The van der Waals surface area contributed by atoms with Crippen LogP contribution in [-0.2, 0) is 21.1 Å². The Balaban J connectivity index is 1.61. The summed E-state index contributed by atoms with van der Waals surface area (Å²) in [5, 5.41) is 11.2. The molecule has 0 bridgehead atoms. The number of ether oxygens (including phenoxy) is 1. The van der Waals surface area contributed by atoms with Crippen molar-refractivity contribution < 1.29 is 27.7 Å². The first-order valence-corrected chi connectivity index (χ1v) is 12.2. The van der Waals surface area contributed by atoms with Crippen LogP contribution in [0.5, 0.6) is 5.75 Å². The molecule has 0 atom stereocenters. The zero-order chi connectivity index (χ0) is 24.2. The molecule has 0 aromatic heterocycles. The van der Waals surface area contributed by atoms with Crippen molar-refractivity contribution in [2.45, 2.75) is 17.7 Å². The number of non-ortho nitro benzene ring substituents is 1. The lowest BCUT2D eigenvalue weighted by Crippen LogP contribution is -2.50. The van der Waals surface area contributed by atoms with Gasteiger partial charge in [-0.15, -0.1) is 0 Å². The molecule has 2 amide bonds. The van der Waals surface area contributed by atoms with Crippen molar-refractivity contribution in [2.24, 2.45) is 0 Å². The first-order chi connectivity index (χ1) is 15.6. The maximum atomic E-state index is 12.9. The summed E-state index contributed by atoms with van der Waals surface area (Å²) in [5.74, 6) is 0.222. The predicted molar refractivity (Wildman–Crippen MR) is 120 cm³/mol. The number of methoxy groups -OCH3 is 1. The number of amides is 2. The van der Waals surface area contributed by atoms with Crippen LogP contribution in [0, 0.1) is 10.1 Å². The average Bonchev–Trinajstić information content (AvgIpc) is 2.81. The van der Waals surface area contributed by atoms with Crippen molar-refractivity contribution in [3.8, 4) is 5.75 Å². The molecule has 2 aromatic rings. The third-order valence-electron chi connectivity index (χ3n) is 5.48. The summed E-state index contributed by atoms with van der Waals surface area (Å²) in [4.78, 5) is 38.8. The Morgan fingerprint density at radius 1 is 1.03 bits per heavy atom. The highest BCUT2D eigenvalue weighted by Gasteiger charge is 2.27. The normalized spacial score (nSPS) is 14.1. The van der Waals surface area contributed by atoms with Gasteiger partial charge in [0.25, 0.3) is 11.6 Å². The number of carbonyl (C=O) groups is 2. The Labute approximate surface area is 191 Å². The molecule has 33 heavy (non-hydrogen) atoms. The monoisotopic (exact) mass is 475 g/mol. The number of carbonyl (C=O) groups excluding carboxylic acids is 2. The first kappa shape index (κ1) is 24.2. The molecular weight excluding hydrogens is 450 g/mol. The third kappa shape index (κ3) is 6.07.